The number of H-pyrrole nitrogens is 2. The minimum absolute atomic E-state index is 0.464. The SMILES string of the molecule is c1c[nH]c(/N=N\c2ncc[nH]2)n1. The highest BCUT2D eigenvalue weighted by Crippen LogP contribution is 2.07. The molecule has 0 saturated carbocycles. The van der Waals surface area contributed by atoms with E-state index >= 15 is 0 Å². The first-order valence-electron chi connectivity index (χ1n) is 3.35. The summed E-state index contributed by atoms with van der Waals surface area (Å²) in [6.45, 7) is 0. The van der Waals surface area contributed by atoms with E-state index in [0.29, 0.717) is 11.9 Å². The molecule has 6 heteroatoms. The number of nitrogens with one attached hydrogen (secondary N) is 2. The zero-order chi connectivity index (χ0) is 8.23. The van der Waals surface area contributed by atoms with Crippen LogP contribution < -0.4 is 0 Å². The van der Waals surface area contributed by atoms with Gasteiger partial charge in [-0.1, -0.05) is 0 Å². The van der Waals surface area contributed by atoms with Gasteiger partial charge in [-0.25, -0.2) is 9.97 Å². The minimum Gasteiger partial charge on any atom is -0.328 e. The quantitative estimate of drug-likeness (QED) is 0.656. The molecule has 0 atom stereocenters. The van der Waals surface area contributed by atoms with Crippen LogP contribution in [-0.4, -0.2) is 19.9 Å². The number of hydrogen-bond acceptors (Lipinski definition) is 4. The fourth-order valence-corrected chi connectivity index (χ4v) is 0.718. The van der Waals surface area contributed by atoms with Crippen molar-refractivity contribution < 1.29 is 0 Å². The second-order valence-electron chi connectivity index (χ2n) is 2.03. The summed E-state index contributed by atoms with van der Waals surface area (Å²) in [4.78, 5) is 13.3. The van der Waals surface area contributed by atoms with Crippen LogP contribution in [0.3, 0.4) is 0 Å². The average Bonchev–Trinajstić information content (AvgIpc) is 2.74. The molecule has 0 aromatic carbocycles. The highest BCUT2D eigenvalue weighted by molar-refractivity contribution is 5.16. The Balaban J connectivity index is 2.14. The molecule has 0 saturated heterocycles. The van der Waals surface area contributed by atoms with Crippen LogP contribution in [0.5, 0.6) is 0 Å². The maximum Gasteiger partial charge on any atom is 0.246 e. The van der Waals surface area contributed by atoms with Crippen molar-refractivity contribution in [3.63, 3.8) is 0 Å². The van der Waals surface area contributed by atoms with Crippen molar-refractivity contribution >= 4 is 11.9 Å². The Bertz CT molecular complexity index is 309. The fraction of sp³-hybridized carbons (Fsp3) is 0. The van der Waals surface area contributed by atoms with Gasteiger partial charge in [-0.15, -0.1) is 10.2 Å². The van der Waals surface area contributed by atoms with E-state index in [0.717, 1.165) is 0 Å². The lowest BCUT2D eigenvalue weighted by Gasteiger charge is -1.80. The van der Waals surface area contributed by atoms with Crippen LogP contribution in [-0.2, 0) is 0 Å². The van der Waals surface area contributed by atoms with Gasteiger partial charge in [0.15, 0.2) is 0 Å². The molecular formula is C6H6N6. The fourth-order valence-electron chi connectivity index (χ4n) is 0.718. The number of aromatic nitrogens is 4. The molecular weight excluding hydrogens is 156 g/mol. The normalized spacial score (nSPS) is 11.0. The Morgan fingerprint density at radius 3 is 1.75 bits per heavy atom. The lowest BCUT2D eigenvalue weighted by molar-refractivity contribution is 1.07. The van der Waals surface area contributed by atoms with E-state index in [1.54, 1.807) is 24.8 Å². The molecule has 2 rings (SSSR count). The van der Waals surface area contributed by atoms with Crippen molar-refractivity contribution in [1.29, 1.82) is 0 Å². The third-order valence-electron chi connectivity index (χ3n) is 1.21. The molecule has 12 heavy (non-hydrogen) atoms. The largest absolute Gasteiger partial charge is 0.328 e. The van der Waals surface area contributed by atoms with Gasteiger partial charge in [0.2, 0.25) is 11.9 Å². The van der Waals surface area contributed by atoms with Crippen molar-refractivity contribution in [3.8, 4) is 0 Å². The zero-order valence-electron chi connectivity index (χ0n) is 6.10. The number of aromatic amines is 2. The minimum atomic E-state index is 0.464. The average molecular weight is 162 g/mol. The third kappa shape index (κ3) is 1.36. The van der Waals surface area contributed by atoms with Crippen molar-refractivity contribution in [3.05, 3.63) is 24.8 Å². The third-order valence-corrected chi connectivity index (χ3v) is 1.21. The lowest BCUT2D eigenvalue weighted by Crippen LogP contribution is -1.66. The van der Waals surface area contributed by atoms with Crippen LogP contribution in [0.2, 0.25) is 0 Å². The predicted octanol–water partition coefficient (Wildman–Crippen LogP) is 1.55. The van der Waals surface area contributed by atoms with Crippen LogP contribution in [0.1, 0.15) is 0 Å². The van der Waals surface area contributed by atoms with E-state index in [4.69, 9.17) is 0 Å². The molecule has 2 N–H and O–H groups in total. The maximum atomic E-state index is 3.86. The number of imidazole rings is 2. The first-order chi connectivity index (χ1) is 5.95. The summed E-state index contributed by atoms with van der Waals surface area (Å²) < 4.78 is 0. The van der Waals surface area contributed by atoms with Crippen LogP contribution in [0.15, 0.2) is 35.0 Å². The topological polar surface area (TPSA) is 82.1 Å². The van der Waals surface area contributed by atoms with Gasteiger partial charge in [-0.05, 0) is 0 Å². The Morgan fingerprint density at radius 1 is 0.917 bits per heavy atom. The second-order valence-corrected chi connectivity index (χ2v) is 2.03. The van der Waals surface area contributed by atoms with Gasteiger partial charge in [0.05, 0.1) is 0 Å². The van der Waals surface area contributed by atoms with E-state index < -0.39 is 0 Å². The second kappa shape index (κ2) is 2.95. The summed E-state index contributed by atoms with van der Waals surface area (Å²) in [5.41, 5.74) is 0. The Kier molecular flexibility index (Phi) is 1.65. The van der Waals surface area contributed by atoms with Crippen molar-refractivity contribution in [2.45, 2.75) is 0 Å². The zero-order valence-corrected chi connectivity index (χ0v) is 6.10. The van der Waals surface area contributed by atoms with Crippen molar-refractivity contribution in [2.75, 3.05) is 0 Å². The van der Waals surface area contributed by atoms with Gasteiger partial charge >= 0.3 is 0 Å². The summed E-state index contributed by atoms with van der Waals surface area (Å²) in [5.74, 6) is 0.929. The molecule has 2 aromatic rings. The van der Waals surface area contributed by atoms with Gasteiger partial charge in [0, 0.05) is 24.8 Å². The molecule has 0 amide bonds. The molecule has 0 fully saturated rings. The van der Waals surface area contributed by atoms with Crippen LogP contribution in [0, 0.1) is 0 Å². The van der Waals surface area contributed by atoms with Crippen molar-refractivity contribution in [1.82, 2.24) is 19.9 Å². The number of hydrogen-bond donors (Lipinski definition) is 2. The summed E-state index contributed by atoms with van der Waals surface area (Å²) >= 11 is 0. The summed E-state index contributed by atoms with van der Waals surface area (Å²) in [7, 11) is 0. The van der Waals surface area contributed by atoms with E-state index in [9.17, 15) is 0 Å². The molecule has 0 aliphatic heterocycles. The number of azo groups is 1. The monoisotopic (exact) mass is 162 g/mol. The molecule has 60 valence electrons. The molecule has 0 spiro atoms. The Morgan fingerprint density at radius 2 is 1.42 bits per heavy atom. The molecule has 0 aliphatic rings. The molecule has 0 unspecified atom stereocenters. The van der Waals surface area contributed by atoms with Crippen molar-refractivity contribution in [2.24, 2.45) is 10.2 Å². The molecule has 0 radical (unpaired) electrons. The van der Waals surface area contributed by atoms with Gasteiger partial charge in [0.1, 0.15) is 0 Å². The highest BCUT2D eigenvalue weighted by atomic mass is 15.3. The summed E-state index contributed by atoms with van der Waals surface area (Å²) in [6, 6.07) is 0. The van der Waals surface area contributed by atoms with Gasteiger partial charge in [0.25, 0.3) is 0 Å². The molecule has 6 nitrogen and oxygen atoms in total. The molecule has 0 bridgehead atoms. The standard InChI is InChI=1S/C6H6N6/c1-2-8-5(7-1)11-12-6-9-3-4-10-6/h1-4H,(H,7,8)(H,9,10)/b12-11-. The summed E-state index contributed by atoms with van der Waals surface area (Å²) in [6.07, 6.45) is 6.57. The van der Waals surface area contributed by atoms with E-state index in [1.165, 1.54) is 0 Å². The molecule has 2 aromatic heterocycles. The van der Waals surface area contributed by atoms with E-state index in [2.05, 4.69) is 30.2 Å². The Labute approximate surface area is 67.8 Å². The van der Waals surface area contributed by atoms with Crippen LogP contribution in [0.4, 0.5) is 11.9 Å². The van der Waals surface area contributed by atoms with E-state index in [-0.39, 0.29) is 0 Å². The molecule has 0 aliphatic carbocycles. The predicted molar refractivity (Wildman–Crippen MR) is 41.4 cm³/mol. The Hall–Kier alpha value is -1.98. The number of nitrogens with zero attached hydrogens (tertiary/aromatic N) is 4. The first kappa shape index (κ1) is 6.71. The van der Waals surface area contributed by atoms with Gasteiger partial charge in [-0.3, -0.25) is 0 Å². The van der Waals surface area contributed by atoms with Gasteiger partial charge in [-0.2, -0.15) is 0 Å². The number of rotatable bonds is 2. The smallest absolute Gasteiger partial charge is 0.246 e. The lowest BCUT2D eigenvalue weighted by atomic mass is 11.0. The maximum absolute atomic E-state index is 3.86. The van der Waals surface area contributed by atoms with Crippen LogP contribution in [0.25, 0.3) is 0 Å². The van der Waals surface area contributed by atoms with E-state index in [1.807, 2.05) is 0 Å². The molecule has 2 heterocycles. The summed E-state index contributed by atoms with van der Waals surface area (Å²) in [5, 5.41) is 7.55. The van der Waals surface area contributed by atoms with Gasteiger partial charge < -0.3 is 9.97 Å². The van der Waals surface area contributed by atoms with Crippen LogP contribution >= 0.6 is 0 Å². The first-order valence-corrected chi connectivity index (χ1v) is 3.35. The highest BCUT2D eigenvalue weighted by Gasteiger charge is 1.90.